The molecule has 1 aliphatic heterocycles. The van der Waals surface area contributed by atoms with Crippen LogP contribution < -0.4 is 10.2 Å². The van der Waals surface area contributed by atoms with E-state index in [0.717, 1.165) is 25.8 Å². The predicted molar refractivity (Wildman–Crippen MR) is 90.3 cm³/mol. The fraction of sp³-hybridized carbons (Fsp3) is 0.364. The minimum absolute atomic E-state index is 0.00533. The van der Waals surface area contributed by atoms with Crippen LogP contribution in [0.2, 0.25) is 0 Å². The van der Waals surface area contributed by atoms with E-state index in [-0.39, 0.29) is 36.0 Å². The van der Waals surface area contributed by atoms with Crippen LogP contribution in [0.15, 0.2) is 12.1 Å². The predicted octanol–water partition coefficient (Wildman–Crippen LogP) is -0.311. The normalized spacial score (nSPS) is 16.0. The second-order valence-corrected chi connectivity index (χ2v) is 7.28. The Kier molecular flexibility index (Phi) is 6.20. The zero-order valence-corrected chi connectivity index (χ0v) is 13.4. The van der Waals surface area contributed by atoms with Crippen LogP contribution in [0.5, 0.6) is 0 Å². The van der Waals surface area contributed by atoms with Gasteiger partial charge in [-0.15, -0.1) is 0 Å². The summed E-state index contributed by atoms with van der Waals surface area (Å²) in [5.41, 5.74) is -0.449. The van der Waals surface area contributed by atoms with Gasteiger partial charge in [0.1, 0.15) is 0 Å². The second kappa shape index (κ2) is 7.96. The number of benzene rings is 1. The first-order chi connectivity index (χ1) is 11.3. The number of nitrogens with one attached hydrogen (secondary N) is 1. The van der Waals surface area contributed by atoms with Gasteiger partial charge in [0.15, 0.2) is 0 Å². The zero-order chi connectivity index (χ0) is 17.7. The molecule has 1 heterocycles. The van der Waals surface area contributed by atoms with Gasteiger partial charge in [0.25, 0.3) is 0 Å². The van der Waals surface area contributed by atoms with Gasteiger partial charge in [-0.25, -0.2) is 0 Å². The van der Waals surface area contributed by atoms with Crippen molar-refractivity contribution in [2.75, 3.05) is 34.8 Å². The third kappa shape index (κ3) is 4.93. The minimum atomic E-state index is -3.16. The van der Waals surface area contributed by atoms with Gasteiger partial charge in [-0.05, 0) is 0 Å². The van der Waals surface area contributed by atoms with E-state index in [2.05, 4.69) is 9.97 Å². The molecule has 6 nitrogen and oxygen atoms in total. The van der Waals surface area contributed by atoms with Gasteiger partial charge in [0.2, 0.25) is 0 Å². The Bertz CT molecular complexity index is 753. The fourth-order valence-corrected chi connectivity index (χ4v) is 3.37. The molecule has 1 fully saturated rings. The van der Waals surface area contributed by atoms with Crippen molar-refractivity contribution in [2.24, 2.45) is 0 Å². The molecule has 1 aromatic rings. The van der Waals surface area contributed by atoms with Crippen molar-refractivity contribution in [3.8, 4) is 0 Å². The molecule has 1 saturated heterocycles. The monoisotopic (exact) mass is 349 g/mol. The molecule has 24 heavy (non-hydrogen) atoms. The van der Waals surface area contributed by atoms with Crippen LogP contribution in [-0.2, 0) is 14.5 Å². The Morgan fingerprint density at radius 1 is 1.25 bits per heavy atom. The molecule has 1 amide bonds. The second-order valence-electron chi connectivity index (χ2n) is 4.98. The van der Waals surface area contributed by atoms with Crippen molar-refractivity contribution in [2.45, 2.75) is 0 Å². The topological polar surface area (TPSA) is 75.7 Å². The van der Waals surface area contributed by atoms with Crippen molar-refractivity contribution in [3.05, 3.63) is 23.8 Å². The fourth-order valence-electron chi connectivity index (χ4n) is 2.17. The molecule has 1 aromatic carbocycles. The molecule has 0 aromatic heterocycles. The van der Waals surface area contributed by atoms with Crippen molar-refractivity contribution in [1.29, 1.82) is 0 Å². The van der Waals surface area contributed by atoms with E-state index in [1.807, 2.05) is 0 Å². The van der Waals surface area contributed by atoms with Crippen molar-refractivity contribution < 1.29 is 26.6 Å². The Morgan fingerprint density at radius 2 is 1.83 bits per heavy atom. The summed E-state index contributed by atoms with van der Waals surface area (Å²) >= 11 is 0. The number of anilines is 2. The molecule has 0 bridgehead atoms. The summed E-state index contributed by atoms with van der Waals surface area (Å²) in [7, 11) is 2.89. The van der Waals surface area contributed by atoms with E-state index >= 15 is 0 Å². The molecule has 0 atom stereocenters. The van der Waals surface area contributed by atoms with Crippen LogP contribution >= 0.6 is 0 Å². The molecule has 13 heteroatoms. The first kappa shape index (κ1) is 18.7. The molecular weight excluding hydrogens is 337 g/mol. The third-order valence-electron chi connectivity index (χ3n) is 3.29. The summed E-state index contributed by atoms with van der Waals surface area (Å²) in [6.45, 7) is 2.41. The number of hydrogen-bond donors (Lipinski definition) is 1. The number of nitrogens with zero attached hydrogens (tertiary/aromatic N) is 1. The van der Waals surface area contributed by atoms with Crippen LogP contribution in [-0.4, -0.2) is 66.9 Å². The van der Waals surface area contributed by atoms with E-state index < -0.39 is 27.6 Å². The average molecular weight is 349 g/mol. The quantitative estimate of drug-likeness (QED) is 0.756. The summed E-state index contributed by atoms with van der Waals surface area (Å²) in [6.07, 6.45) is -0.941. The summed E-state index contributed by atoms with van der Waals surface area (Å²) < 4.78 is 55.7. The first-order valence-electron chi connectivity index (χ1n) is 6.94. The van der Waals surface area contributed by atoms with Gasteiger partial charge in [-0.3, -0.25) is 0 Å². The van der Waals surface area contributed by atoms with E-state index in [0.29, 0.717) is 0 Å². The Morgan fingerprint density at radius 3 is 2.38 bits per heavy atom. The molecular formula is C11H11B4F2N2O4S. The van der Waals surface area contributed by atoms with Gasteiger partial charge >= 0.3 is 140 Å². The molecule has 0 aliphatic carbocycles. The Balaban J connectivity index is 2.12. The van der Waals surface area contributed by atoms with Gasteiger partial charge in [-0.1, -0.05) is 0 Å². The summed E-state index contributed by atoms with van der Waals surface area (Å²) in [4.78, 5) is 12.7. The maximum atomic E-state index is 14.2. The molecule has 2 rings (SSSR count). The van der Waals surface area contributed by atoms with E-state index in [9.17, 15) is 22.0 Å². The SMILES string of the molecule is [B]=BB=BOC(=O)Nc1cc(F)c(N2CCS(=O)(=O)CC2)c(F)c1. The molecule has 1 N–H and O–H groups in total. The molecule has 0 saturated carbocycles. The number of halogens is 2. The van der Waals surface area contributed by atoms with Gasteiger partial charge in [-0.2, -0.15) is 0 Å². The van der Waals surface area contributed by atoms with Crippen molar-refractivity contribution in [3.63, 3.8) is 0 Å². The van der Waals surface area contributed by atoms with Crippen LogP contribution in [0.3, 0.4) is 0 Å². The number of amides is 1. The number of carbonyl (C=O) groups is 1. The standard InChI is InChI=1S/C11H11B4F2N2O4S/c12-13-14-15-23-11(20)18-7-5-8(16)10(9(17)6-7)19-1-3-24(21,22)4-2-19/h5-6H,1-4H2,(H,18,20). The van der Waals surface area contributed by atoms with Gasteiger partial charge in [0.05, 0.1) is 0 Å². The van der Waals surface area contributed by atoms with E-state index in [1.54, 1.807) is 0 Å². The molecule has 1 aliphatic rings. The van der Waals surface area contributed by atoms with Gasteiger partial charge in [0, 0.05) is 0 Å². The van der Waals surface area contributed by atoms with Crippen LogP contribution in [0.4, 0.5) is 25.0 Å². The van der Waals surface area contributed by atoms with E-state index in [4.69, 9.17) is 7.37 Å². The van der Waals surface area contributed by atoms with Crippen LogP contribution in [0, 0.1) is 11.6 Å². The summed E-state index contributed by atoms with van der Waals surface area (Å²) in [5, 5.41) is 2.16. The Labute approximate surface area is 140 Å². The number of rotatable bonds is 4. The molecule has 1 radical (unpaired) electrons. The number of sulfone groups is 1. The number of carbonyl (C=O) groups excluding carboxylic acids is 1. The number of hydrogen-bond acceptors (Lipinski definition) is 5. The summed E-state index contributed by atoms with van der Waals surface area (Å²) in [5.74, 6) is -2.14. The Hall–Kier alpha value is -1.64. The van der Waals surface area contributed by atoms with Crippen LogP contribution in [0.25, 0.3) is 0 Å². The maximum absolute atomic E-state index is 14.2. The van der Waals surface area contributed by atoms with E-state index in [1.165, 1.54) is 11.6 Å². The van der Waals surface area contributed by atoms with Crippen molar-refractivity contribution in [1.82, 2.24) is 0 Å². The van der Waals surface area contributed by atoms with Gasteiger partial charge < -0.3 is 0 Å². The summed E-state index contributed by atoms with van der Waals surface area (Å²) in [6, 6.07) is 1.86. The van der Waals surface area contributed by atoms with Crippen LogP contribution in [0.1, 0.15) is 0 Å². The third-order valence-corrected chi connectivity index (χ3v) is 4.90. The molecule has 121 valence electrons. The first-order valence-corrected chi connectivity index (χ1v) is 8.76. The zero-order valence-electron chi connectivity index (χ0n) is 12.5. The molecule has 0 unspecified atom stereocenters. The molecule has 0 spiro atoms. The van der Waals surface area contributed by atoms with Crippen molar-refractivity contribution >= 4 is 55.1 Å². The average Bonchev–Trinajstić information content (AvgIpc) is 2.48.